The van der Waals surface area contributed by atoms with Crippen LogP contribution in [-0.2, 0) is 0 Å². The van der Waals surface area contributed by atoms with Crippen molar-refractivity contribution in [2.75, 3.05) is 11.6 Å². The second-order valence-corrected chi connectivity index (χ2v) is 7.17. The van der Waals surface area contributed by atoms with Gasteiger partial charge in [-0.1, -0.05) is 0 Å². The minimum atomic E-state index is 0.580. The molecule has 1 aromatic rings. The van der Waals surface area contributed by atoms with Crippen molar-refractivity contribution in [3.05, 3.63) is 16.5 Å². The average molecular weight is 328 g/mol. The molecule has 2 unspecified atom stereocenters. The third kappa shape index (κ3) is 2.99. The molecule has 0 bridgehead atoms. The topological polar surface area (TPSA) is 37.8 Å². The Morgan fingerprint density at radius 2 is 2.11 bits per heavy atom. The number of rotatable bonds is 4. The molecule has 0 aromatic carbocycles. The van der Waals surface area contributed by atoms with Gasteiger partial charge in [-0.15, -0.1) is 0 Å². The predicted molar refractivity (Wildman–Crippen MR) is 80.3 cm³/mol. The number of nitrogens with zero attached hydrogens (tertiary/aromatic N) is 2. The summed E-state index contributed by atoms with van der Waals surface area (Å²) >= 11 is 5.47. The first-order valence-corrected chi connectivity index (χ1v) is 8.66. The second-order valence-electron chi connectivity index (χ2n) is 5.22. The molecule has 3 rings (SSSR count). The van der Waals surface area contributed by atoms with Crippen LogP contribution in [-0.4, -0.2) is 27.5 Å². The van der Waals surface area contributed by atoms with Crippen molar-refractivity contribution in [1.29, 1.82) is 0 Å². The Morgan fingerprint density at radius 1 is 1.28 bits per heavy atom. The lowest BCUT2D eigenvalue weighted by molar-refractivity contribution is 0.747. The van der Waals surface area contributed by atoms with Crippen molar-refractivity contribution in [3.63, 3.8) is 0 Å². The SMILES string of the molecule is CSC1CCC(Nc2cc(Br)nc(C3CC3)n2)C1. The van der Waals surface area contributed by atoms with E-state index in [1.807, 2.05) is 17.8 Å². The molecule has 98 valence electrons. The molecule has 2 saturated carbocycles. The quantitative estimate of drug-likeness (QED) is 0.853. The molecule has 1 aromatic heterocycles. The molecule has 0 aliphatic heterocycles. The van der Waals surface area contributed by atoms with Crippen LogP contribution in [0, 0.1) is 0 Å². The van der Waals surface area contributed by atoms with E-state index in [2.05, 4.69) is 37.5 Å². The molecule has 18 heavy (non-hydrogen) atoms. The molecule has 0 saturated heterocycles. The van der Waals surface area contributed by atoms with E-state index in [-0.39, 0.29) is 0 Å². The highest BCUT2D eigenvalue weighted by atomic mass is 79.9. The van der Waals surface area contributed by atoms with Crippen molar-refractivity contribution in [3.8, 4) is 0 Å². The maximum Gasteiger partial charge on any atom is 0.135 e. The Kier molecular flexibility index (Phi) is 3.80. The van der Waals surface area contributed by atoms with Crippen LogP contribution < -0.4 is 5.32 Å². The van der Waals surface area contributed by atoms with Gasteiger partial charge in [0.1, 0.15) is 16.2 Å². The third-order valence-electron chi connectivity index (χ3n) is 3.72. The summed E-state index contributed by atoms with van der Waals surface area (Å²) in [6.45, 7) is 0. The van der Waals surface area contributed by atoms with Crippen LogP contribution in [0.1, 0.15) is 43.8 Å². The first-order chi connectivity index (χ1) is 8.74. The van der Waals surface area contributed by atoms with Gasteiger partial charge in [0.25, 0.3) is 0 Å². The molecule has 0 radical (unpaired) electrons. The molecule has 2 fully saturated rings. The van der Waals surface area contributed by atoms with E-state index in [4.69, 9.17) is 0 Å². The fourth-order valence-corrected chi connectivity index (χ4v) is 3.72. The summed E-state index contributed by atoms with van der Waals surface area (Å²) in [6, 6.07) is 2.58. The van der Waals surface area contributed by atoms with Gasteiger partial charge in [-0.3, -0.25) is 0 Å². The van der Waals surface area contributed by atoms with E-state index in [9.17, 15) is 0 Å². The zero-order valence-corrected chi connectivity index (χ0v) is 12.9. The van der Waals surface area contributed by atoms with Crippen LogP contribution in [0.15, 0.2) is 10.7 Å². The molecule has 5 heteroatoms. The molecule has 1 N–H and O–H groups in total. The largest absolute Gasteiger partial charge is 0.367 e. The maximum atomic E-state index is 4.65. The van der Waals surface area contributed by atoms with E-state index in [1.54, 1.807) is 0 Å². The van der Waals surface area contributed by atoms with Crippen molar-refractivity contribution < 1.29 is 0 Å². The molecule has 1 heterocycles. The summed E-state index contributed by atoms with van der Waals surface area (Å²) in [6.07, 6.45) is 8.52. The molecule has 3 nitrogen and oxygen atoms in total. The van der Waals surface area contributed by atoms with Gasteiger partial charge < -0.3 is 5.32 Å². The highest BCUT2D eigenvalue weighted by Gasteiger charge is 2.28. The van der Waals surface area contributed by atoms with Gasteiger partial charge in [0.15, 0.2) is 0 Å². The van der Waals surface area contributed by atoms with E-state index in [1.165, 1.54) is 32.1 Å². The predicted octanol–water partition coefficient (Wildman–Crippen LogP) is 3.81. The number of hydrogen-bond donors (Lipinski definition) is 1. The van der Waals surface area contributed by atoms with E-state index in [0.717, 1.165) is 21.5 Å². The number of aromatic nitrogens is 2. The maximum absolute atomic E-state index is 4.65. The van der Waals surface area contributed by atoms with Crippen LogP contribution in [0.5, 0.6) is 0 Å². The second kappa shape index (κ2) is 5.37. The Morgan fingerprint density at radius 3 is 2.78 bits per heavy atom. The van der Waals surface area contributed by atoms with Crippen LogP contribution in [0.25, 0.3) is 0 Å². The summed E-state index contributed by atoms with van der Waals surface area (Å²) in [5, 5.41) is 4.39. The number of halogens is 1. The summed E-state index contributed by atoms with van der Waals surface area (Å²) < 4.78 is 0.904. The molecule has 2 atom stereocenters. The highest BCUT2D eigenvalue weighted by Crippen LogP contribution is 2.39. The Balaban J connectivity index is 1.68. The zero-order valence-electron chi connectivity index (χ0n) is 10.5. The summed E-state index contributed by atoms with van der Waals surface area (Å²) in [4.78, 5) is 9.11. The normalized spacial score (nSPS) is 27.4. The summed E-state index contributed by atoms with van der Waals surface area (Å²) in [5.74, 6) is 2.60. The van der Waals surface area contributed by atoms with E-state index < -0.39 is 0 Å². The highest BCUT2D eigenvalue weighted by molar-refractivity contribution is 9.10. The average Bonchev–Trinajstić information content (AvgIpc) is 3.10. The molecule has 2 aliphatic carbocycles. The van der Waals surface area contributed by atoms with Gasteiger partial charge in [0.05, 0.1) is 0 Å². The minimum absolute atomic E-state index is 0.580. The number of nitrogens with one attached hydrogen (secondary N) is 1. The summed E-state index contributed by atoms with van der Waals surface area (Å²) in [5.41, 5.74) is 0. The monoisotopic (exact) mass is 327 g/mol. The van der Waals surface area contributed by atoms with Crippen molar-refractivity contribution in [2.24, 2.45) is 0 Å². The first-order valence-electron chi connectivity index (χ1n) is 6.58. The standard InChI is InChI=1S/C13H18BrN3S/c1-18-10-5-4-9(6-10)15-12-7-11(14)16-13(17-12)8-2-3-8/h7-10H,2-6H2,1H3,(H,15,16,17). The van der Waals surface area contributed by atoms with Crippen molar-refractivity contribution in [1.82, 2.24) is 9.97 Å². The Hall–Kier alpha value is -0.290. The zero-order chi connectivity index (χ0) is 12.5. The van der Waals surface area contributed by atoms with Crippen LogP contribution in [0.4, 0.5) is 5.82 Å². The first kappa shape index (κ1) is 12.7. The molecular weight excluding hydrogens is 310 g/mol. The fraction of sp³-hybridized carbons (Fsp3) is 0.692. The number of anilines is 1. The molecule has 0 spiro atoms. The van der Waals surface area contributed by atoms with Crippen molar-refractivity contribution in [2.45, 2.75) is 49.3 Å². The van der Waals surface area contributed by atoms with Gasteiger partial charge in [0, 0.05) is 23.3 Å². The molecule has 2 aliphatic rings. The summed E-state index contributed by atoms with van der Waals surface area (Å²) in [7, 11) is 0. The Labute approximate surface area is 121 Å². The third-order valence-corrected chi connectivity index (χ3v) is 5.23. The van der Waals surface area contributed by atoms with Crippen LogP contribution in [0.2, 0.25) is 0 Å². The number of hydrogen-bond acceptors (Lipinski definition) is 4. The van der Waals surface area contributed by atoms with Crippen LogP contribution >= 0.6 is 27.7 Å². The minimum Gasteiger partial charge on any atom is -0.367 e. The van der Waals surface area contributed by atoms with Crippen LogP contribution in [0.3, 0.4) is 0 Å². The van der Waals surface area contributed by atoms with Gasteiger partial charge >= 0.3 is 0 Å². The van der Waals surface area contributed by atoms with Gasteiger partial charge in [-0.25, -0.2) is 9.97 Å². The Bertz CT molecular complexity index is 436. The lowest BCUT2D eigenvalue weighted by Gasteiger charge is -2.14. The van der Waals surface area contributed by atoms with Gasteiger partial charge in [-0.2, -0.15) is 11.8 Å². The van der Waals surface area contributed by atoms with E-state index in [0.29, 0.717) is 12.0 Å². The van der Waals surface area contributed by atoms with E-state index >= 15 is 0 Å². The number of thioether (sulfide) groups is 1. The lowest BCUT2D eigenvalue weighted by atomic mass is 10.2. The molecular formula is C13H18BrN3S. The van der Waals surface area contributed by atoms with Crippen molar-refractivity contribution >= 4 is 33.5 Å². The lowest BCUT2D eigenvalue weighted by Crippen LogP contribution is -2.17. The fourth-order valence-electron chi connectivity index (χ4n) is 2.53. The smallest absolute Gasteiger partial charge is 0.135 e. The van der Waals surface area contributed by atoms with Gasteiger partial charge in [-0.05, 0) is 54.3 Å². The van der Waals surface area contributed by atoms with Gasteiger partial charge in [0.2, 0.25) is 0 Å². The molecule has 0 amide bonds.